The SMILES string of the molecule is C=C(OC)C(C)C(CC)c1cccc(O)c1. The minimum atomic E-state index is 0.247. The van der Waals surface area contributed by atoms with E-state index < -0.39 is 0 Å². The van der Waals surface area contributed by atoms with Crippen LogP contribution in [-0.2, 0) is 4.74 Å². The summed E-state index contributed by atoms with van der Waals surface area (Å²) in [6.45, 7) is 8.14. The van der Waals surface area contributed by atoms with Crippen LogP contribution >= 0.6 is 0 Å². The van der Waals surface area contributed by atoms with E-state index in [-0.39, 0.29) is 5.92 Å². The lowest BCUT2D eigenvalue weighted by Gasteiger charge is -2.24. The van der Waals surface area contributed by atoms with Crippen molar-refractivity contribution in [2.24, 2.45) is 5.92 Å². The lowest BCUT2D eigenvalue weighted by atomic mass is 9.84. The number of hydrogen-bond donors (Lipinski definition) is 1. The van der Waals surface area contributed by atoms with Crippen LogP contribution in [0.15, 0.2) is 36.6 Å². The van der Waals surface area contributed by atoms with Crippen LogP contribution < -0.4 is 0 Å². The number of benzene rings is 1. The Kier molecular flexibility index (Phi) is 4.41. The summed E-state index contributed by atoms with van der Waals surface area (Å²) in [5.74, 6) is 1.68. The third-order valence-electron chi connectivity index (χ3n) is 3.11. The normalized spacial score (nSPS) is 14.2. The van der Waals surface area contributed by atoms with Gasteiger partial charge in [-0.05, 0) is 30.0 Å². The van der Waals surface area contributed by atoms with Gasteiger partial charge in [0.15, 0.2) is 0 Å². The number of ether oxygens (including phenoxy) is 1. The molecule has 0 aliphatic carbocycles. The number of phenols is 1. The fourth-order valence-electron chi connectivity index (χ4n) is 2.04. The van der Waals surface area contributed by atoms with Crippen molar-refractivity contribution in [3.63, 3.8) is 0 Å². The molecule has 16 heavy (non-hydrogen) atoms. The Morgan fingerprint density at radius 1 is 1.50 bits per heavy atom. The molecule has 0 aliphatic heterocycles. The van der Waals surface area contributed by atoms with Gasteiger partial charge < -0.3 is 9.84 Å². The van der Waals surface area contributed by atoms with Crippen LogP contribution in [0, 0.1) is 5.92 Å². The second-order valence-corrected chi connectivity index (χ2v) is 4.07. The first-order valence-corrected chi connectivity index (χ1v) is 5.61. The van der Waals surface area contributed by atoms with Crippen LogP contribution in [0.1, 0.15) is 31.7 Å². The van der Waals surface area contributed by atoms with Crippen molar-refractivity contribution >= 4 is 0 Å². The van der Waals surface area contributed by atoms with Gasteiger partial charge in [0.1, 0.15) is 5.75 Å². The first kappa shape index (κ1) is 12.6. The number of phenolic OH excluding ortho intramolecular Hbond substituents is 1. The Balaban J connectivity index is 2.94. The van der Waals surface area contributed by atoms with Crippen LogP contribution in [-0.4, -0.2) is 12.2 Å². The smallest absolute Gasteiger partial charge is 0.115 e. The van der Waals surface area contributed by atoms with Crippen LogP contribution in [0.5, 0.6) is 5.75 Å². The van der Waals surface area contributed by atoms with Crippen molar-refractivity contribution in [2.75, 3.05) is 7.11 Å². The predicted molar refractivity (Wildman–Crippen MR) is 66.5 cm³/mol. The summed E-state index contributed by atoms with van der Waals surface area (Å²) in [7, 11) is 1.65. The van der Waals surface area contributed by atoms with Crippen LogP contribution in [0.4, 0.5) is 0 Å². The summed E-state index contributed by atoms with van der Waals surface area (Å²) < 4.78 is 5.19. The van der Waals surface area contributed by atoms with Crippen molar-refractivity contribution in [3.8, 4) is 5.75 Å². The molecule has 0 amide bonds. The molecular weight excluding hydrogens is 200 g/mol. The van der Waals surface area contributed by atoms with E-state index in [2.05, 4.69) is 20.4 Å². The van der Waals surface area contributed by atoms with E-state index in [1.54, 1.807) is 13.2 Å². The number of methoxy groups -OCH3 is 1. The zero-order valence-corrected chi connectivity index (χ0v) is 10.2. The molecule has 2 unspecified atom stereocenters. The summed E-state index contributed by atoms with van der Waals surface area (Å²) in [4.78, 5) is 0. The van der Waals surface area contributed by atoms with Crippen molar-refractivity contribution in [3.05, 3.63) is 42.2 Å². The molecular formula is C14H20O2. The van der Waals surface area contributed by atoms with Gasteiger partial charge in [0.25, 0.3) is 0 Å². The maximum Gasteiger partial charge on any atom is 0.115 e. The molecule has 2 heteroatoms. The molecule has 0 aliphatic rings. The minimum absolute atomic E-state index is 0.247. The van der Waals surface area contributed by atoms with Gasteiger partial charge in [-0.25, -0.2) is 0 Å². The topological polar surface area (TPSA) is 29.5 Å². The lowest BCUT2D eigenvalue weighted by molar-refractivity contribution is 0.233. The van der Waals surface area contributed by atoms with Gasteiger partial charge in [0.2, 0.25) is 0 Å². The number of aromatic hydroxyl groups is 1. The molecule has 0 heterocycles. The molecule has 1 aromatic carbocycles. The third-order valence-corrected chi connectivity index (χ3v) is 3.11. The molecule has 0 bridgehead atoms. The van der Waals surface area contributed by atoms with Gasteiger partial charge in [-0.3, -0.25) is 0 Å². The lowest BCUT2D eigenvalue weighted by Crippen LogP contribution is -2.12. The van der Waals surface area contributed by atoms with Crippen molar-refractivity contribution in [1.82, 2.24) is 0 Å². The highest BCUT2D eigenvalue weighted by molar-refractivity contribution is 5.30. The minimum Gasteiger partial charge on any atom is -0.508 e. The monoisotopic (exact) mass is 220 g/mol. The Bertz CT molecular complexity index is 358. The Labute approximate surface area is 97.6 Å². The average Bonchev–Trinajstić information content (AvgIpc) is 2.29. The largest absolute Gasteiger partial charge is 0.508 e. The quantitative estimate of drug-likeness (QED) is 0.767. The van der Waals surface area contributed by atoms with Gasteiger partial charge in [0.05, 0.1) is 12.9 Å². The second kappa shape index (κ2) is 5.59. The summed E-state index contributed by atoms with van der Waals surface area (Å²) in [6, 6.07) is 7.41. The number of rotatable bonds is 5. The molecule has 1 rings (SSSR count). The van der Waals surface area contributed by atoms with E-state index in [1.165, 1.54) is 0 Å². The molecule has 0 saturated heterocycles. The standard InChI is InChI=1S/C14H20O2/c1-5-14(10(2)11(3)16-4)12-7-6-8-13(15)9-12/h6-10,14-15H,3,5H2,1-2,4H3. The molecule has 0 spiro atoms. The predicted octanol–water partition coefficient (Wildman–Crippen LogP) is 3.68. The first-order chi connectivity index (χ1) is 7.60. The maximum absolute atomic E-state index is 9.48. The fourth-order valence-corrected chi connectivity index (χ4v) is 2.04. The van der Waals surface area contributed by atoms with Crippen LogP contribution in [0.3, 0.4) is 0 Å². The van der Waals surface area contributed by atoms with Crippen LogP contribution in [0.25, 0.3) is 0 Å². The zero-order chi connectivity index (χ0) is 12.1. The molecule has 1 aromatic rings. The molecule has 0 aromatic heterocycles. The molecule has 88 valence electrons. The van der Waals surface area contributed by atoms with Gasteiger partial charge in [-0.2, -0.15) is 0 Å². The highest BCUT2D eigenvalue weighted by atomic mass is 16.5. The van der Waals surface area contributed by atoms with E-state index in [4.69, 9.17) is 4.74 Å². The van der Waals surface area contributed by atoms with E-state index in [0.29, 0.717) is 11.7 Å². The Morgan fingerprint density at radius 2 is 2.19 bits per heavy atom. The molecule has 2 nitrogen and oxygen atoms in total. The fraction of sp³-hybridized carbons (Fsp3) is 0.429. The molecule has 0 fully saturated rings. The van der Waals surface area contributed by atoms with E-state index in [1.807, 2.05) is 18.2 Å². The van der Waals surface area contributed by atoms with E-state index in [0.717, 1.165) is 17.7 Å². The summed E-state index contributed by atoms with van der Waals surface area (Å²) in [5.41, 5.74) is 1.13. The summed E-state index contributed by atoms with van der Waals surface area (Å²) in [6.07, 6.45) is 0.993. The number of hydrogen-bond acceptors (Lipinski definition) is 2. The van der Waals surface area contributed by atoms with Crippen LogP contribution in [0.2, 0.25) is 0 Å². The Morgan fingerprint density at radius 3 is 2.69 bits per heavy atom. The highest BCUT2D eigenvalue weighted by Crippen LogP contribution is 2.33. The summed E-state index contributed by atoms with van der Waals surface area (Å²) >= 11 is 0. The van der Waals surface area contributed by atoms with Crippen molar-refractivity contribution in [1.29, 1.82) is 0 Å². The molecule has 0 saturated carbocycles. The number of allylic oxidation sites excluding steroid dienone is 1. The molecule has 1 N–H and O–H groups in total. The van der Waals surface area contributed by atoms with Gasteiger partial charge >= 0.3 is 0 Å². The van der Waals surface area contributed by atoms with Crippen molar-refractivity contribution in [2.45, 2.75) is 26.2 Å². The van der Waals surface area contributed by atoms with Crippen molar-refractivity contribution < 1.29 is 9.84 Å². The van der Waals surface area contributed by atoms with E-state index in [9.17, 15) is 5.11 Å². The van der Waals surface area contributed by atoms with Gasteiger partial charge in [-0.15, -0.1) is 0 Å². The second-order valence-electron chi connectivity index (χ2n) is 4.07. The summed E-state index contributed by atoms with van der Waals surface area (Å²) in [5, 5.41) is 9.48. The zero-order valence-electron chi connectivity index (χ0n) is 10.2. The maximum atomic E-state index is 9.48. The molecule has 0 radical (unpaired) electrons. The van der Waals surface area contributed by atoms with E-state index >= 15 is 0 Å². The highest BCUT2D eigenvalue weighted by Gasteiger charge is 2.20. The molecule has 2 atom stereocenters. The first-order valence-electron chi connectivity index (χ1n) is 5.61. The van der Waals surface area contributed by atoms with Gasteiger partial charge in [-0.1, -0.05) is 32.6 Å². The van der Waals surface area contributed by atoms with Gasteiger partial charge in [0, 0.05) is 5.92 Å². The Hall–Kier alpha value is -1.44. The average molecular weight is 220 g/mol. The third kappa shape index (κ3) is 2.78.